The number of allylic oxidation sites excluding steroid dienone is 1. The van der Waals surface area contributed by atoms with Crippen LogP contribution in [0, 0.1) is 22.7 Å². The zero-order chi connectivity index (χ0) is 27.3. The van der Waals surface area contributed by atoms with Crippen LogP contribution in [-0.2, 0) is 21.6 Å². The van der Waals surface area contributed by atoms with Gasteiger partial charge in [0, 0.05) is 12.0 Å². The van der Waals surface area contributed by atoms with E-state index in [4.69, 9.17) is 4.74 Å². The molecule has 0 radical (unpaired) electrons. The van der Waals surface area contributed by atoms with E-state index in [1.165, 1.54) is 0 Å². The first kappa shape index (κ1) is 26.2. The summed E-state index contributed by atoms with van der Waals surface area (Å²) in [5, 5.41) is 22.5. The monoisotopic (exact) mass is 504 g/mol. The number of benzene rings is 3. The van der Waals surface area contributed by atoms with Crippen LogP contribution in [0.15, 0.2) is 90.5 Å². The summed E-state index contributed by atoms with van der Waals surface area (Å²) in [7, 11) is 0. The van der Waals surface area contributed by atoms with Crippen LogP contribution in [0.1, 0.15) is 43.9 Å². The molecule has 190 valence electrons. The number of hydrogen-bond acceptors (Lipinski definition) is 5. The number of anilines is 1. The maximum atomic E-state index is 14.4. The molecule has 2 amide bonds. The number of carbonyl (C=O) groups excluding carboxylic acids is 2. The molecule has 3 aromatic rings. The van der Waals surface area contributed by atoms with Crippen molar-refractivity contribution in [3.63, 3.8) is 0 Å². The van der Waals surface area contributed by atoms with E-state index < -0.39 is 17.2 Å². The highest BCUT2D eigenvalue weighted by atomic mass is 16.6. The number of ether oxygens (including phenoxy) is 1. The van der Waals surface area contributed by atoms with Crippen molar-refractivity contribution < 1.29 is 14.3 Å². The van der Waals surface area contributed by atoms with Crippen LogP contribution >= 0.6 is 0 Å². The Bertz CT molecular complexity index is 1440. The molecule has 1 N–H and O–H groups in total. The van der Waals surface area contributed by atoms with Crippen LogP contribution in [0.2, 0.25) is 0 Å². The van der Waals surface area contributed by atoms with Gasteiger partial charge in [-0.2, -0.15) is 10.5 Å². The Labute approximate surface area is 222 Å². The predicted molar refractivity (Wildman–Crippen MR) is 144 cm³/mol. The van der Waals surface area contributed by atoms with Gasteiger partial charge in [0.05, 0.1) is 12.2 Å². The van der Waals surface area contributed by atoms with Gasteiger partial charge in [0.1, 0.15) is 23.3 Å². The van der Waals surface area contributed by atoms with Crippen molar-refractivity contribution in [2.45, 2.75) is 44.9 Å². The quantitative estimate of drug-likeness (QED) is 0.424. The molecule has 1 atom stereocenters. The van der Waals surface area contributed by atoms with E-state index in [9.17, 15) is 20.1 Å². The molecule has 0 unspecified atom stereocenters. The SMILES string of the molecule is CC(C)(C)OC(=O)N[C@]1(CC(=C(C#N)C#N)c2ccccc2)C(=O)N(Cc2ccccc2)c2ccccc21. The average Bonchev–Trinajstić information content (AvgIpc) is 3.11. The van der Waals surface area contributed by atoms with Crippen molar-refractivity contribution in [2.75, 3.05) is 4.90 Å². The molecule has 1 aliphatic rings. The Balaban J connectivity index is 1.90. The molecule has 38 heavy (non-hydrogen) atoms. The lowest BCUT2D eigenvalue weighted by Gasteiger charge is -2.32. The molecule has 1 aliphatic heterocycles. The lowest BCUT2D eigenvalue weighted by molar-refractivity contribution is -0.124. The first-order chi connectivity index (χ1) is 18.2. The lowest BCUT2D eigenvalue weighted by atomic mass is 9.81. The highest BCUT2D eigenvalue weighted by Gasteiger charge is 2.53. The second-order valence-electron chi connectivity index (χ2n) is 10.0. The number of carbonyl (C=O) groups is 2. The molecule has 0 aromatic heterocycles. The molecule has 4 rings (SSSR count). The molecule has 3 aromatic carbocycles. The summed E-state index contributed by atoms with van der Waals surface area (Å²) in [6.07, 6.45) is -0.890. The topological polar surface area (TPSA) is 106 Å². The first-order valence-corrected chi connectivity index (χ1v) is 12.2. The third-order valence-electron chi connectivity index (χ3n) is 6.25. The second-order valence-corrected chi connectivity index (χ2v) is 10.0. The summed E-state index contributed by atoms with van der Waals surface area (Å²) < 4.78 is 5.58. The molecular weight excluding hydrogens is 476 g/mol. The third-order valence-corrected chi connectivity index (χ3v) is 6.25. The maximum Gasteiger partial charge on any atom is 0.408 e. The summed E-state index contributed by atoms with van der Waals surface area (Å²) in [6.45, 7) is 5.50. The standard InChI is InChI=1S/C31H28N4O3/c1-30(2,3)38-29(37)34-31(18-25(24(19-32)20-33)23-14-8-5-9-15-23)26-16-10-11-17-27(26)35(28(31)36)21-22-12-6-4-7-13-22/h4-17H,18,21H2,1-3H3,(H,34,37)/t31-/m0/s1. The van der Waals surface area contributed by atoms with Gasteiger partial charge >= 0.3 is 6.09 Å². The van der Waals surface area contributed by atoms with Crippen LogP contribution in [0.5, 0.6) is 0 Å². The molecule has 0 saturated heterocycles. The number of nitrogens with zero attached hydrogens (tertiary/aromatic N) is 3. The number of para-hydroxylation sites is 1. The molecule has 1 heterocycles. The number of amides is 2. The van der Waals surface area contributed by atoms with E-state index in [1.54, 1.807) is 62.1 Å². The van der Waals surface area contributed by atoms with Gasteiger partial charge in [0.25, 0.3) is 5.91 Å². The zero-order valence-electron chi connectivity index (χ0n) is 21.6. The van der Waals surface area contributed by atoms with E-state index in [0.29, 0.717) is 22.4 Å². The Morgan fingerprint density at radius 2 is 1.50 bits per heavy atom. The fraction of sp³-hybridized carbons (Fsp3) is 0.226. The normalized spacial score (nSPS) is 16.1. The summed E-state index contributed by atoms with van der Waals surface area (Å²) in [5.74, 6) is -0.378. The van der Waals surface area contributed by atoms with Crippen LogP contribution in [0.25, 0.3) is 5.57 Å². The average molecular weight is 505 g/mol. The van der Waals surface area contributed by atoms with Gasteiger partial charge < -0.3 is 15.0 Å². The molecule has 0 saturated carbocycles. The van der Waals surface area contributed by atoms with E-state index in [0.717, 1.165) is 5.56 Å². The first-order valence-electron chi connectivity index (χ1n) is 12.2. The predicted octanol–water partition coefficient (Wildman–Crippen LogP) is 5.84. The summed E-state index contributed by atoms with van der Waals surface area (Å²) in [5.41, 5.74) is 0.539. The highest BCUT2D eigenvalue weighted by molar-refractivity contribution is 6.10. The number of hydrogen-bond donors (Lipinski definition) is 1. The van der Waals surface area contributed by atoms with Gasteiger partial charge in [-0.05, 0) is 43.5 Å². The van der Waals surface area contributed by atoms with Gasteiger partial charge in [-0.25, -0.2) is 4.79 Å². The minimum Gasteiger partial charge on any atom is -0.444 e. The molecule has 0 fully saturated rings. The van der Waals surface area contributed by atoms with Gasteiger partial charge in [0.2, 0.25) is 0 Å². The van der Waals surface area contributed by atoms with Crippen molar-refractivity contribution >= 4 is 23.3 Å². The Kier molecular flexibility index (Phi) is 7.32. The van der Waals surface area contributed by atoms with Crippen LogP contribution < -0.4 is 10.2 Å². The molecular formula is C31H28N4O3. The van der Waals surface area contributed by atoms with Crippen molar-refractivity contribution in [2.24, 2.45) is 0 Å². The van der Waals surface area contributed by atoms with E-state index in [2.05, 4.69) is 5.32 Å². The fourth-order valence-corrected chi connectivity index (χ4v) is 4.66. The smallest absolute Gasteiger partial charge is 0.408 e. The van der Waals surface area contributed by atoms with Crippen molar-refractivity contribution in [3.8, 4) is 12.1 Å². The number of nitriles is 2. The lowest BCUT2D eigenvalue weighted by Crippen LogP contribution is -2.54. The molecule has 7 heteroatoms. The van der Waals surface area contributed by atoms with Crippen LogP contribution in [0.4, 0.5) is 10.5 Å². The fourth-order valence-electron chi connectivity index (χ4n) is 4.66. The summed E-state index contributed by atoms with van der Waals surface area (Å²) >= 11 is 0. The van der Waals surface area contributed by atoms with Crippen molar-refractivity contribution in [3.05, 3.63) is 107 Å². The largest absolute Gasteiger partial charge is 0.444 e. The van der Waals surface area contributed by atoms with Crippen LogP contribution in [0.3, 0.4) is 0 Å². The molecule has 7 nitrogen and oxygen atoms in total. The van der Waals surface area contributed by atoms with Gasteiger partial charge in [-0.3, -0.25) is 4.79 Å². The minimum absolute atomic E-state index is 0.117. The van der Waals surface area contributed by atoms with E-state index in [-0.39, 0.29) is 24.4 Å². The number of nitrogens with one attached hydrogen (secondary N) is 1. The number of alkyl carbamates (subject to hydrolysis) is 1. The zero-order valence-corrected chi connectivity index (χ0v) is 21.6. The maximum absolute atomic E-state index is 14.4. The number of fused-ring (bicyclic) bond motifs is 1. The number of rotatable bonds is 6. The second kappa shape index (κ2) is 10.6. The van der Waals surface area contributed by atoms with E-state index in [1.807, 2.05) is 60.7 Å². The third kappa shape index (κ3) is 5.28. The molecule has 0 spiro atoms. The van der Waals surface area contributed by atoms with Gasteiger partial charge in [-0.1, -0.05) is 78.9 Å². The molecule has 0 aliphatic carbocycles. The Hall–Kier alpha value is -4.88. The van der Waals surface area contributed by atoms with Gasteiger partial charge in [-0.15, -0.1) is 0 Å². The summed E-state index contributed by atoms with van der Waals surface area (Å²) in [6, 6.07) is 29.7. The Morgan fingerprint density at radius 1 is 0.921 bits per heavy atom. The van der Waals surface area contributed by atoms with E-state index >= 15 is 0 Å². The highest BCUT2D eigenvalue weighted by Crippen LogP contribution is 2.46. The van der Waals surface area contributed by atoms with Crippen molar-refractivity contribution in [1.82, 2.24) is 5.32 Å². The van der Waals surface area contributed by atoms with Gasteiger partial charge in [0.15, 0.2) is 5.54 Å². The summed E-state index contributed by atoms with van der Waals surface area (Å²) in [4.78, 5) is 29.3. The Morgan fingerprint density at radius 3 is 2.11 bits per heavy atom. The minimum atomic E-state index is -1.61. The van der Waals surface area contributed by atoms with Crippen LogP contribution in [-0.4, -0.2) is 17.6 Å². The molecule has 0 bridgehead atoms. The van der Waals surface area contributed by atoms with Crippen molar-refractivity contribution in [1.29, 1.82) is 10.5 Å².